The van der Waals surface area contributed by atoms with E-state index in [2.05, 4.69) is 29.4 Å². The molecule has 0 aliphatic carbocycles. The Kier molecular flexibility index (Phi) is 7.21. The number of hydrogen-bond donors (Lipinski definition) is 2. The molecular formula is C23H25ClFN3O2. The summed E-state index contributed by atoms with van der Waals surface area (Å²) in [7, 11) is 0. The molecule has 5 nitrogen and oxygen atoms in total. The molecule has 0 spiro atoms. The highest BCUT2D eigenvalue weighted by atomic mass is 35.5. The van der Waals surface area contributed by atoms with Crippen LogP contribution in [0.2, 0.25) is 5.02 Å². The van der Waals surface area contributed by atoms with Crippen molar-refractivity contribution in [1.29, 1.82) is 0 Å². The van der Waals surface area contributed by atoms with E-state index < -0.39 is 5.82 Å². The molecule has 2 aromatic carbocycles. The van der Waals surface area contributed by atoms with E-state index in [1.165, 1.54) is 12.1 Å². The second-order valence-corrected chi connectivity index (χ2v) is 7.86. The van der Waals surface area contributed by atoms with E-state index in [0.717, 1.165) is 25.7 Å². The van der Waals surface area contributed by atoms with Gasteiger partial charge in [0.25, 0.3) is 5.56 Å². The summed E-state index contributed by atoms with van der Waals surface area (Å²) in [5, 5.41) is 10.7. The van der Waals surface area contributed by atoms with Crippen molar-refractivity contribution in [2.75, 3.05) is 5.32 Å². The van der Waals surface area contributed by atoms with Crippen molar-refractivity contribution in [2.24, 2.45) is 5.92 Å². The lowest BCUT2D eigenvalue weighted by Gasteiger charge is -2.15. The van der Waals surface area contributed by atoms with Crippen molar-refractivity contribution in [3.8, 4) is 0 Å². The fraction of sp³-hybridized carbons (Fsp3) is 0.348. The van der Waals surface area contributed by atoms with Gasteiger partial charge in [-0.05, 0) is 42.7 Å². The van der Waals surface area contributed by atoms with E-state index in [-0.39, 0.29) is 22.4 Å². The number of carbonyl (C=O) groups excluding carboxylic acids is 1. The second kappa shape index (κ2) is 9.85. The van der Waals surface area contributed by atoms with Crippen LogP contribution >= 0.6 is 11.6 Å². The van der Waals surface area contributed by atoms with Crippen LogP contribution in [0.15, 0.2) is 41.2 Å². The molecule has 2 N–H and O–H groups in total. The molecule has 1 aromatic heterocycles. The molecule has 0 unspecified atom stereocenters. The molecule has 0 radical (unpaired) electrons. The SMILES string of the molecule is CCCC(CCC)C(=O)Nc1ccc2c(Cc3ccc(Cl)c(F)c3)n[nH]c(=O)c2c1. The molecule has 30 heavy (non-hydrogen) atoms. The summed E-state index contributed by atoms with van der Waals surface area (Å²) in [5.41, 5.74) is 1.53. The average Bonchev–Trinajstić information content (AvgIpc) is 2.73. The fourth-order valence-corrected chi connectivity index (χ4v) is 3.74. The minimum absolute atomic E-state index is 0.0274. The van der Waals surface area contributed by atoms with E-state index in [0.29, 0.717) is 34.1 Å². The zero-order chi connectivity index (χ0) is 21.7. The van der Waals surface area contributed by atoms with Crippen molar-refractivity contribution in [3.63, 3.8) is 0 Å². The first-order valence-electron chi connectivity index (χ1n) is 10.2. The first-order chi connectivity index (χ1) is 14.4. The van der Waals surface area contributed by atoms with Crippen LogP contribution < -0.4 is 10.9 Å². The number of rotatable bonds is 8. The smallest absolute Gasteiger partial charge is 0.272 e. The molecule has 1 heterocycles. The van der Waals surface area contributed by atoms with Crippen molar-refractivity contribution in [1.82, 2.24) is 10.2 Å². The van der Waals surface area contributed by atoms with E-state index >= 15 is 0 Å². The van der Waals surface area contributed by atoms with Gasteiger partial charge in [0, 0.05) is 23.4 Å². The van der Waals surface area contributed by atoms with Crippen molar-refractivity contribution < 1.29 is 9.18 Å². The molecule has 7 heteroatoms. The Morgan fingerprint density at radius 1 is 1.13 bits per heavy atom. The number of benzene rings is 2. The lowest BCUT2D eigenvalue weighted by molar-refractivity contribution is -0.120. The minimum atomic E-state index is -0.499. The summed E-state index contributed by atoms with van der Waals surface area (Å²) in [4.78, 5) is 25.0. The number of carbonyl (C=O) groups is 1. The predicted molar refractivity (Wildman–Crippen MR) is 119 cm³/mol. The summed E-state index contributed by atoms with van der Waals surface area (Å²) in [6.45, 7) is 4.12. The van der Waals surface area contributed by atoms with Crippen LogP contribution in [0, 0.1) is 11.7 Å². The number of H-pyrrole nitrogens is 1. The lowest BCUT2D eigenvalue weighted by atomic mass is 9.97. The number of aromatic nitrogens is 2. The Labute approximate surface area is 179 Å². The number of halogens is 2. The average molecular weight is 430 g/mol. The van der Waals surface area contributed by atoms with Crippen LogP contribution in [0.5, 0.6) is 0 Å². The standard InChI is InChI=1S/C23H25ClFN3O2/c1-3-5-15(6-4-2)22(29)26-16-8-9-17-18(13-16)23(30)28-27-21(17)12-14-7-10-19(24)20(25)11-14/h7-11,13,15H,3-6,12H2,1-2H3,(H,26,29)(H,28,30). The first-order valence-corrected chi connectivity index (χ1v) is 10.6. The van der Waals surface area contributed by atoms with Crippen molar-refractivity contribution >= 4 is 34.0 Å². The highest BCUT2D eigenvalue weighted by Gasteiger charge is 2.17. The third-order valence-corrected chi connectivity index (χ3v) is 5.44. The predicted octanol–water partition coefficient (Wildman–Crippen LogP) is 5.46. The molecule has 0 fully saturated rings. The number of aromatic amines is 1. The van der Waals surface area contributed by atoms with Gasteiger partial charge in [0.15, 0.2) is 0 Å². The van der Waals surface area contributed by atoms with Gasteiger partial charge in [0.2, 0.25) is 5.91 Å². The largest absolute Gasteiger partial charge is 0.326 e. The van der Waals surface area contributed by atoms with Gasteiger partial charge in [-0.3, -0.25) is 9.59 Å². The summed E-state index contributed by atoms with van der Waals surface area (Å²) in [6, 6.07) is 9.77. The van der Waals surface area contributed by atoms with E-state index in [1.54, 1.807) is 24.3 Å². The number of nitrogens with zero attached hydrogens (tertiary/aromatic N) is 1. The molecule has 1 amide bonds. The van der Waals surface area contributed by atoms with Gasteiger partial charge in [-0.1, -0.05) is 50.4 Å². The van der Waals surface area contributed by atoms with Gasteiger partial charge in [-0.2, -0.15) is 5.10 Å². The molecule has 0 saturated heterocycles. The van der Waals surface area contributed by atoms with Gasteiger partial charge in [0.1, 0.15) is 5.82 Å². The van der Waals surface area contributed by atoms with Gasteiger partial charge in [0.05, 0.1) is 16.1 Å². The van der Waals surface area contributed by atoms with Crippen LogP contribution in [-0.2, 0) is 11.2 Å². The number of hydrogen-bond acceptors (Lipinski definition) is 3. The molecule has 0 aliphatic rings. The molecule has 0 atom stereocenters. The zero-order valence-electron chi connectivity index (χ0n) is 17.1. The van der Waals surface area contributed by atoms with Crippen LogP contribution in [0.3, 0.4) is 0 Å². The van der Waals surface area contributed by atoms with E-state index in [9.17, 15) is 14.0 Å². The molecule has 3 rings (SSSR count). The molecular weight excluding hydrogens is 405 g/mol. The topological polar surface area (TPSA) is 74.8 Å². The Morgan fingerprint density at radius 3 is 2.53 bits per heavy atom. The second-order valence-electron chi connectivity index (χ2n) is 7.45. The molecule has 158 valence electrons. The van der Waals surface area contributed by atoms with E-state index in [1.807, 2.05) is 0 Å². The molecule has 3 aromatic rings. The van der Waals surface area contributed by atoms with Gasteiger partial charge in [-0.25, -0.2) is 9.49 Å². The number of nitrogens with one attached hydrogen (secondary N) is 2. The Bertz CT molecular complexity index is 1110. The van der Waals surface area contributed by atoms with Crippen molar-refractivity contribution in [2.45, 2.75) is 46.0 Å². The highest BCUT2D eigenvalue weighted by Crippen LogP contribution is 2.23. The van der Waals surface area contributed by atoms with Crippen LogP contribution in [0.25, 0.3) is 10.8 Å². The monoisotopic (exact) mass is 429 g/mol. The number of anilines is 1. The molecule has 0 aliphatic heterocycles. The van der Waals surface area contributed by atoms with Crippen LogP contribution in [0.4, 0.5) is 10.1 Å². The van der Waals surface area contributed by atoms with Gasteiger partial charge < -0.3 is 5.32 Å². The van der Waals surface area contributed by atoms with Gasteiger partial charge in [-0.15, -0.1) is 0 Å². The fourth-order valence-electron chi connectivity index (χ4n) is 3.63. The summed E-state index contributed by atoms with van der Waals surface area (Å²) < 4.78 is 13.8. The number of amides is 1. The molecule has 0 saturated carbocycles. The lowest BCUT2D eigenvalue weighted by Crippen LogP contribution is -2.23. The maximum Gasteiger partial charge on any atom is 0.272 e. The summed E-state index contributed by atoms with van der Waals surface area (Å²) >= 11 is 5.75. The van der Waals surface area contributed by atoms with Crippen LogP contribution in [-0.4, -0.2) is 16.1 Å². The van der Waals surface area contributed by atoms with E-state index in [4.69, 9.17) is 11.6 Å². The van der Waals surface area contributed by atoms with Gasteiger partial charge >= 0.3 is 0 Å². The maximum atomic E-state index is 13.8. The zero-order valence-corrected chi connectivity index (χ0v) is 17.9. The number of fused-ring (bicyclic) bond motifs is 1. The summed E-state index contributed by atoms with van der Waals surface area (Å²) in [5.74, 6) is -0.566. The first kappa shape index (κ1) is 22.0. The minimum Gasteiger partial charge on any atom is -0.326 e. The Hall–Kier alpha value is -2.73. The Balaban J connectivity index is 1.89. The maximum absolute atomic E-state index is 13.8. The normalized spacial score (nSPS) is 11.2. The van der Waals surface area contributed by atoms with Crippen molar-refractivity contribution in [3.05, 3.63) is 68.8 Å². The third kappa shape index (κ3) is 5.05. The highest BCUT2D eigenvalue weighted by molar-refractivity contribution is 6.30. The summed E-state index contributed by atoms with van der Waals surface area (Å²) in [6.07, 6.45) is 3.88. The molecule has 0 bridgehead atoms. The quantitative estimate of drug-likeness (QED) is 0.499. The third-order valence-electron chi connectivity index (χ3n) is 5.14. The van der Waals surface area contributed by atoms with Crippen LogP contribution in [0.1, 0.15) is 50.8 Å². The Morgan fingerprint density at radius 2 is 1.87 bits per heavy atom.